The molecule has 0 saturated carbocycles. The Bertz CT molecular complexity index is 486. The van der Waals surface area contributed by atoms with Crippen LogP contribution in [0.5, 0.6) is 0 Å². The standard InChI is InChI=1S/C18H21NO/c1-14(16-9-5-3-6-10-16)13-18(20)19-15(2)17-11-7-4-8-12-17/h3-12,14-15H,13H2,1-2H3,(H,19,20). The van der Waals surface area contributed by atoms with Gasteiger partial charge in [0.1, 0.15) is 0 Å². The minimum atomic E-state index is 0.0478. The van der Waals surface area contributed by atoms with Gasteiger partial charge >= 0.3 is 0 Å². The van der Waals surface area contributed by atoms with Gasteiger partial charge in [0.2, 0.25) is 5.91 Å². The van der Waals surface area contributed by atoms with Gasteiger partial charge in [-0.25, -0.2) is 0 Å². The van der Waals surface area contributed by atoms with E-state index in [1.807, 2.05) is 55.5 Å². The highest BCUT2D eigenvalue weighted by molar-refractivity contribution is 5.77. The van der Waals surface area contributed by atoms with Crippen molar-refractivity contribution in [3.8, 4) is 0 Å². The van der Waals surface area contributed by atoms with E-state index in [4.69, 9.17) is 0 Å². The average molecular weight is 267 g/mol. The zero-order valence-electron chi connectivity index (χ0n) is 12.0. The van der Waals surface area contributed by atoms with Crippen LogP contribution in [0.1, 0.15) is 43.4 Å². The second-order valence-electron chi connectivity index (χ2n) is 5.22. The van der Waals surface area contributed by atoms with E-state index in [-0.39, 0.29) is 17.9 Å². The topological polar surface area (TPSA) is 29.1 Å². The van der Waals surface area contributed by atoms with Crippen LogP contribution >= 0.6 is 0 Å². The van der Waals surface area contributed by atoms with Crippen molar-refractivity contribution in [2.24, 2.45) is 0 Å². The van der Waals surface area contributed by atoms with Gasteiger partial charge in [0.05, 0.1) is 6.04 Å². The molecule has 1 amide bonds. The molecule has 0 aliphatic rings. The summed E-state index contributed by atoms with van der Waals surface area (Å²) in [5.41, 5.74) is 2.34. The van der Waals surface area contributed by atoms with E-state index < -0.39 is 0 Å². The van der Waals surface area contributed by atoms with Crippen LogP contribution in [0.2, 0.25) is 0 Å². The number of nitrogens with one attached hydrogen (secondary N) is 1. The molecule has 2 aromatic rings. The lowest BCUT2D eigenvalue weighted by molar-refractivity contribution is -0.122. The lowest BCUT2D eigenvalue weighted by atomic mass is 9.97. The summed E-state index contributed by atoms with van der Waals surface area (Å²) in [6, 6.07) is 20.2. The molecule has 2 aromatic carbocycles. The number of rotatable bonds is 5. The van der Waals surface area contributed by atoms with Gasteiger partial charge in [-0.3, -0.25) is 4.79 Å². The van der Waals surface area contributed by atoms with Crippen LogP contribution in [0.25, 0.3) is 0 Å². The zero-order chi connectivity index (χ0) is 14.4. The summed E-state index contributed by atoms with van der Waals surface area (Å²) in [4.78, 5) is 12.1. The normalized spacial score (nSPS) is 13.5. The molecule has 104 valence electrons. The highest BCUT2D eigenvalue weighted by atomic mass is 16.1. The molecule has 2 heteroatoms. The third-order valence-corrected chi connectivity index (χ3v) is 3.54. The van der Waals surface area contributed by atoms with Crippen LogP contribution < -0.4 is 5.32 Å². The van der Waals surface area contributed by atoms with E-state index in [1.54, 1.807) is 0 Å². The van der Waals surface area contributed by atoms with Crippen LogP contribution in [0, 0.1) is 0 Å². The largest absolute Gasteiger partial charge is 0.350 e. The first-order chi connectivity index (χ1) is 9.66. The molecule has 1 N–H and O–H groups in total. The first-order valence-corrected chi connectivity index (χ1v) is 7.06. The predicted octanol–water partition coefficient (Wildman–Crippen LogP) is 4.06. The van der Waals surface area contributed by atoms with E-state index in [0.29, 0.717) is 6.42 Å². The Kier molecular flexibility index (Phi) is 4.94. The smallest absolute Gasteiger partial charge is 0.221 e. The summed E-state index contributed by atoms with van der Waals surface area (Å²) >= 11 is 0. The molecule has 0 bridgehead atoms. The molecule has 2 rings (SSSR count). The molecule has 0 spiro atoms. The van der Waals surface area contributed by atoms with Crippen LogP contribution in [0.3, 0.4) is 0 Å². The zero-order valence-corrected chi connectivity index (χ0v) is 12.0. The van der Waals surface area contributed by atoms with E-state index in [1.165, 1.54) is 5.56 Å². The van der Waals surface area contributed by atoms with Gasteiger partial charge in [-0.05, 0) is 24.0 Å². The Morgan fingerprint density at radius 3 is 1.95 bits per heavy atom. The van der Waals surface area contributed by atoms with Crippen LogP contribution in [-0.4, -0.2) is 5.91 Å². The minimum Gasteiger partial charge on any atom is -0.350 e. The summed E-state index contributed by atoms with van der Waals surface area (Å²) < 4.78 is 0. The molecule has 0 radical (unpaired) electrons. The van der Waals surface area contributed by atoms with Crippen molar-refractivity contribution in [1.82, 2.24) is 5.32 Å². The Hall–Kier alpha value is -2.09. The Morgan fingerprint density at radius 2 is 1.40 bits per heavy atom. The molecule has 0 aromatic heterocycles. The summed E-state index contributed by atoms with van der Waals surface area (Å²) in [5.74, 6) is 0.330. The lowest BCUT2D eigenvalue weighted by Gasteiger charge is -2.17. The maximum absolute atomic E-state index is 12.1. The van der Waals surface area contributed by atoms with Crippen LogP contribution in [0.4, 0.5) is 0 Å². The van der Waals surface area contributed by atoms with E-state index in [0.717, 1.165) is 5.56 Å². The van der Waals surface area contributed by atoms with Gasteiger partial charge in [0.25, 0.3) is 0 Å². The monoisotopic (exact) mass is 267 g/mol. The predicted molar refractivity (Wildman–Crippen MR) is 82.5 cm³/mol. The van der Waals surface area contributed by atoms with Crippen molar-refractivity contribution < 1.29 is 4.79 Å². The molecule has 0 aliphatic heterocycles. The van der Waals surface area contributed by atoms with Gasteiger partial charge < -0.3 is 5.32 Å². The van der Waals surface area contributed by atoms with Gasteiger partial charge in [-0.1, -0.05) is 67.6 Å². The first kappa shape index (κ1) is 14.3. The van der Waals surface area contributed by atoms with Crippen LogP contribution in [-0.2, 0) is 4.79 Å². The van der Waals surface area contributed by atoms with Gasteiger partial charge in [0.15, 0.2) is 0 Å². The highest BCUT2D eigenvalue weighted by Crippen LogP contribution is 2.19. The summed E-state index contributed by atoms with van der Waals surface area (Å²) in [6.07, 6.45) is 0.515. The number of carbonyl (C=O) groups excluding carboxylic acids is 1. The molecule has 0 saturated heterocycles. The van der Waals surface area contributed by atoms with E-state index >= 15 is 0 Å². The highest BCUT2D eigenvalue weighted by Gasteiger charge is 2.13. The van der Waals surface area contributed by atoms with Crippen LogP contribution in [0.15, 0.2) is 60.7 Å². The Labute approximate surface area is 120 Å². The second-order valence-corrected chi connectivity index (χ2v) is 5.22. The van der Waals surface area contributed by atoms with Crippen molar-refractivity contribution in [2.45, 2.75) is 32.2 Å². The molecule has 0 fully saturated rings. The van der Waals surface area contributed by atoms with E-state index in [2.05, 4.69) is 24.4 Å². The van der Waals surface area contributed by atoms with Crippen molar-refractivity contribution >= 4 is 5.91 Å². The SMILES string of the molecule is CC(CC(=O)NC(C)c1ccccc1)c1ccccc1. The summed E-state index contributed by atoms with van der Waals surface area (Å²) in [6.45, 7) is 4.10. The quantitative estimate of drug-likeness (QED) is 0.869. The van der Waals surface area contributed by atoms with Gasteiger partial charge in [0, 0.05) is 6.42 Å². The fourth-order valence-electron chi connectivity index (χ4n) is 2.30. The van der Waals surface area contributed by atoms with Gasteiger partial charge in [-0.2, -0.15) is 0 Å². The summed E-state index contributed by atoms with van der Waals surface area (Å²) in [5, 5.41) is 3.06. The molecular weight excluding hydrogens is 246 g/mol. The van der Waals surface area contributed by atoms with Crippen molar-refractivity contribution in [3.63, 3.8) is 0 Å². The number of benzene rings is 2. The van der Waals surface area contributed by atoms with Crippen molar-refractivity contribution in [3.05, 3.63) is 71.8 Å². The molecule has 0 heterocycles. The second kappa shape index (κ2) is 6.90. The first-order valence-electron chi connectivity index (χ1n) is 7.06. The Morgan fingerprint density at radius 1 is 0.900 bits per heavy atom. The lowest BCUT2D eigenvalue weighted by Crippen LogP contribution is -2.27. The Balaban J connectivity index is 1.90. The maximum atomic E-state index is 12.1. The summed E-state index contributed by atoms with van der Waals surface area (Å²) in [7, 11) is 0. The van der Waals surface area contributed by atoms with Crippen molar-refractivity contribution in [2.75, 3.05) is 0 Å². The minimum absolute atomic E-state index is 0.0478. The van der Waals surface area contributed by atoms with Gasteiger partial charge in [-0.15, -0.1) is 0 Å². The van der Waals surface area contributed by atoms with Crippen molar-refractivity contribution in [1.29, 1.82) is 0 Å². The maximum Gasteiger partial charge on any atom is 0.221 e. The van der Waals surface area contributed by atoms with E-state index in [9.17, 15) is 4.79 Å². The molecular formula is C18H21NO. The number of amides is 1. The number of hydrogen-bond donors (Lipinski definition) is 1. The number of hydrogen-bond acceptors (Lipinski definition) is 1. The average Bonchev–Trinajstić information content (AvgIpc) is 2.49. The molecule has 2 atom stereocenters. The third kappa shape index (κ3) is 3.95. The third-order valence-electron chi connectivity index (χ3n) is 3.54. The molecule has 2 nitrogen and oxygen atoms in total. The molecule has 0 aliphatic carbocycles. The molecule has 2 unspecified atom stereocenters. The fraction of sp³-hybridized carbons (Fsp3) is 0.278. The molecule has 20 heavy (non-hydrogen) atoms. The number of carbonyl (C=O) groups is 1. The fourth-order valence-corrected chi connectivity index (χ4v) is 2.30.